The van der Waals surface area contributed by atoms with Crippen molar-refractivity contribution < 1.29 is 13.6 Å². The molecule has 2 rings (SSSR count). The SMILES string of the molecule is CCn1c(SC(C)C(=O)c2ccc(F)c(F)c2)n[nH]c1=O. The van der Waals surface area contributed by atoms with E-state index in [2.05, 4.69) is 10.2 Å². The van der Waals surface area contributed by atoms with Gasteiger partial charge in [0.1, 0.15) is 0 Å². The Kier molecular flexibility index (Phi) is 4.56. The van der Waals surface area contributed by atoms with Crippen molar-refractivity contribution in [2.45, 2.75) is 30.8 Å². The first kappa shape index (κ1) is 15.4. The molecule has 1 aromatic heterocycles. The molecular weight excluding hydrogens is 300 g/mol. The van der Waals surface area contributed by atoms with Crippen molar-refractivity contribution >= 4 is 17.5 Å². The molecule has 0 fully saturated rings. The van der Waals surface area contributed by atoms with E-state index in [0.717, 1.165) is 23.9 Å². The fourth-order valence-electron chi connectivity index (χ4n) is 1.77. The lowest BCUT2D eigenvalue weighted by atomic mass is 10.1. The zero-order valence-electron chi connectivity index (χ0n) is 11.4. The van der Waals surface area contributed by atoms with Gasteiger partial charge >= 0.3 is 5.69 Å². The van der Waals surface area contributed by atoms with Crippen molar-refractivity contribution in [3.8, 4) is 0 Å². The van der Waals surface area contributed by atoms with Crippen LogP contribution in [0.3, 0.4) is 0 Å². The summed E-state index contributed by atoms with van der Waals surface area (Å²) in [6.45, 7) is 3.82. The molecule has 1 aromatic carbocycles. The summed E-state index contributed by atoms with van der Waals surface area (Å²) < 4.78 is 27.4. The van der Waals surface area contributed by atoms with Crippen LogP contribution in [-0.4, -0.2) is 25.8 Å². The second-order valence-corrected chi connectivity index (χ2v) is 5.62. The molecule has 1 N–H and O–H groups in total. The van der Waals surface area contributed by atoms with Gasteiger partial charge in [-0.1, -0.05) is 11.8 Å². The molecule has 0 spiro atoms. The Hall–Kier alpha value is -1.96. The number of carbonyl (C=O) groups is 1. The van der Waals surface area contributed by atoms with E-state index in [1.807, 2.05) is 0 Å². The zero-order chi connectivity index (χ0) is 15.6. The number of carbonyl (C=O) groups excluding carboxylic acids is 1. The minimum Gasteiger partial charge on any atom is -0.293 e. The lowest BCUT2D eigenvalue weighted by Crippen LogP contribution is -2.18. The molecule has 0 aliphatic rings. The molecular formula is C13H13F2N3O2S. The number of hydrogen-bond acceptors (Lipinski definition) is 4. The molecule has 1 unspecified atom stereocenters. The van der Waals surface area contributed by atoms with Crippen molar-refractivity contribution in [1.82, 2.24) is 14.8 Å². The summed E-state index contributed by atoms with van der Waals surface area (Å²) in [6, 6.07) is 3.01. The van der Waals surface area contributed by atoms with Gasteiger partial charge in [-0.2, -0.15) is 0 Å². The Morgan fingerprint density at radius 2 is 2.14 bits per heavy atom. The van der Waals surface area contributed by atoms with Gasteiger partial charge in [0.05, 0.1) is 5.25 Å². The number of H-pyrrole nitrogens is 1. The van der Waals surface area contributed by atoms with Gasteiger partial charge in [-0.05, 0) is 32.0 Å². The zero-order valence-corrected chi connectivity index (χ0v) is 12.2. The van der Waals surface area contributed by atoms with E-state index >= 15 is 0 Å². The predicted molar refractivity (Wildman–Crippen MR) is 74.5 cm³/mol. The molecule has 0 saturated heterocycles. The first-order valence-electron chi connectivity index (χ1n) is 6.25. The van der Waals surface area contributed by atoms with Gasteiger partial charge in [-0.15, -0.1) is 5.10 Å². The molecule has 112 valence electrons. The number of Topliss-reactive ketones (excluding diaryl/α,β-unsaturated/α-hetero) is 1. The van der Waals surface area contributed by atoms with E-state index in [4.69, 9.17) is 0 Å². The van der Waals surface area contributed by atoms with Crippen LogP contribution in [-0.2, 0) is 6.54 Å². The molecule has 21 heavy (non-hydrogen) atoms. The van der Waals surface area contributed by atoms with E-state index < -0.39 is 16.9 Å². The molecule has 5 nitrogen and oxygen atoms in total. The highest BCUT2D eigenvalue weighted by Gasteiger charge is 2.21. The first-order chi connectivity index (χ1) is 9.93. The van der Waals surface area contributed by atoms with Crippen LogP contribution in [0.2, 0.25) is 0 Å². The van der Waals surface area contributed by atoms with Gasteiger partial charge in [-0.25, -0.2) is 18.7 Å². The summed E-state index contributed by atoms with van der Waals surface area (Å²) in [5, 5.41) is 5.93. The van der Waals surface area contributed by atoms with E-state index in [-0.39, 0.29) is 17.0 Å². The third-order valence-electron chi connectivity index (χ3n) is 2.90. The third-order valence-corrected chi connectivity index (χ3v) is 3.99. The molecule has 0 bridgehead atoms. The molecule has 0 aliphatic heterocycles. The number of nitrogens with zero attached hydrogens (tertiary/aromatic N) is 2. The van der Waals surface area contributed by atoms with Gasteiger partial charge in [0.25, 0.3) is 0 Å². The van der Waals surface area contributed by atoms with E-state index in [1.165, 1.54) is 10.6 Å². The average molecular weight is 313 g/mol. The van der Waals surface area contributed by atoms with Crippen molar-refractivity contribution in [1.29, 1.82) is 0 Å². The summed E-state index contributed by atoms with van der Waals surface area (Å²) in [6.07, 6.45) is 0. The van der Waals surface area contributed by atoms with Crippen LogP contribution >= 0.6 is 11.8 Å². The number of halogens is 2. The first-order valence-corrected chi connectivity index (χ1v) is 7.13. The van der Waals surface area contributed by atoms with Crippen LogP contribution in [0.5, 0.6) is 0 Å². The van der Waals surface area contributed by atoms with E-state index in [1.54, 1.807) is 13.8 Å². The Balaban J connectivity index is 2.19. The number of rotatable bonds is 5. The maximum absolute atomic E-state index is 13.2. The quantitative estimate of drug-likeness (QED) is 0.679. The molecule has 2 aromatic rings. The maximum Gasteiger partial charge on any atom is 0.343 e. The largest absolute Gasteiger partial charge is 0.343 e. The summed E-state index contributed by atoms with van der Waals surface area (Å²) in [4.78, 5) is 23.6. The second-order valence-electron chi connectivity index (χ2n) is 4.31. The standard InChI is InChI=1S/C13H13F2N3O2S/c1-3-18-12(20)16-17-13(18)21-7(2)11(19)8-4-5-9(14)10(15)6-8/h4-7H,3H2,1-2H3,(H,16,20). The number of nitrogens with one attached hydrogen (secondary N) is 1. The predicted octanol–water partition coefficient (Wildman–Crippen LogP) is 2.23. The van der Waals surface area contributed by atoms with Crippen molar-refractivity contribution in [3.63, 3.8) is 0 Å². The Morgan fingerprint density at radius 1 is 1.43 bits per heavy atom. The lowest BCUT2D eigenvalue weighted by molar-refractivity contribution is 0.0993. The van der Waals surface area contributed by atoms with Gasteiger partial charge in [0.2, 0.25) is 0 Å². The Labute approximate surface area is 123 Å². The van der Waals surface area contributed by atoms with Gasteiger partial charge in [0.15, 0.2) is 22.6 Å². The van der Waals surface area contributed by atoms with Gasteiger partial charge in [-0.3, -0.25) is 9.36 Å². The lowest BCUT2D eigenvalue weighted by Gasteiger charge is -2.10. The van der Waals surface area contributed by atoms with Crippen LogP contribution in [0.4, 0.5) is 8.78 Å². The number of aromatic nitrogens is 3. The van der Waals surface area contributed by atoms with Crippen molar-refractivity contribution in [3.05, 3.63) is 45.9 Å². The number of hydrogen-bond donors (Lipinski definition) is 1. The highest BCUT2D eigenvalue weighted by molar-refractivity contribution is 8.00. The summed E-state index contributed by atoms with van der Waals surface area (Å²) in [5.41, 5.74) is -0.276. The molecule has 0 aliphatic carbocycles. The number of aromatic amines is 1. The minimum absolute atomic E-state index is 0.0785. The second kappa shape index (κ2) is 6.21. The van der Waals surface area contributed by atoms with E-state index in [0.29, 0.717) is 11.7 Å². The van der Waals surface area contributed by atoms with Gasteiger partial charge < -0.3 is 0 Å². The fraction of sp³-hybridized carbons (Fsp3) is 0.308. The summed E-state index contributed by atoms with van der Waals surface area (Å²) in [7, 11) is 0. The summed E-state index contributed by atoms with van der Waals surface area (Å²) in [5.74, 6) is -2.43. The van der Waals surface area contributed by atoms with Crippen LogP contribution in [0.25, 0.3) is 0 Å². The van der Waals surface area contributed by atoms with Crippen molar-refractivity contribution in [2.75, 3.05) is 0 Å². The van der Waals surface area contributed by atoms with E-state index in [9.17, 15) is 18.4 Å². The molecule has 1 heterocycles. The normalized spacial score (nSPS) is 12.4. The highest BCUT2D eigenvalue weighted by Crippen LogP contribution is 2.23. The Morgan fingerprint density at radius 3 is 2.76 bits per heavy atom. The van der Waals surface area contributed by atoms with Gasteiger partial charge in [0, 0.05) is 12.1 Å². The Bertz CT molecular complexity index is 726. The third kappa shape index (κ3) is 3.21. The van der Waals surface area contributed by atoms with Crippen LogP contribution < -0.4 is 5.69 Å². The van der Waals surface area contributed by atoms with Crippen molar-refractivity contribution in [2.24, 2.45) is 0 Å². The molecule has 0 radical (unpaired) electrons. The monoisotopic (exact) mass is 313 g/mol. The van der Waals surface area contributed by atoms with Crippen LogP contribution in [0.15, 0.2) is 28.2 Å². The molecule has 0 amide bonds. The fourth-order valence-corrected chi connectivity index (χ4v) is 2.76. The van der Waals surface area contributed by atoms with Crippen LogP contribution in [0, 0.1) is 11.6 Å². The minimum atomic E-state index is -1.07. The summed E-state index contributed by atoms with van der Waals surface area (Å²) >= 11 is 1.08. The number of benzene rings is 1. The molecule has 1 atom stereocenters. The molecule has 0 saturated carbocycles. The highest BCUT2D eigenvalue weighted by atomic mass is 32.2. The molecule has 8 heteroatoms. The van der Waals surface area contributed by atoms with Crippen LogP contribution in [0.1, 0.15) is 24.2 Å². The number of ketones is 1. The average Bonchev–Trinajstić information content (AvgIpc) is 2.81. The topological polar surface area (TPSA) is 67.8 Å². The number of thioether (sulfide) groups is 1. The maximum atomic E-state index is 13.2. The smallest absolute Gasteiger partial charge is 0.293 e.